The van der Waals surface area contributed by atoms with Gasteiger partial charge in [0.1, 0.15) is 12.1 Å². The van der Waals surface area contributed by atoms with E-state index in [-0.39, 0.29) is 0 Å². The van der Waals surface area contributed by atoms with Crippen LogP contribution in [0.1, 0.15) is 23.1 Å². The molecule has 1 aromatic heterocycles. The number of alkyl halides is 2. The van der Waals surface area contributed by atoms with Crippen LogP contribution in [0.15, 0.2) is 36.9 Å². The van der Waals surface area contributed by atoms with Gasteiger partial charge in [0.15, 0.2) is 0 Å². The zero-order chi connectivity index (χ0) is 12.3. The van der Waals surface area contributed by atoms with Crippen LogP contribution in [0.5, 0.6) is 0 Å². The number of aromatic nitrogens is 2. The molecule has 0 saturated heterocycles. The van der Waals surface area contributed by atoms with E-state index in [9.17, 15) is 13.2 Å². The van der Waals surface area contributed by atoms with Gasteiger partial charge in [-0.05, 0) is 23.3 Å². The van der Waals surface area contributed by atoms with E-state index in [1.165, 1.54) is 12.4 Å². The van der Waals surface area contributed by atoms with Crippen LogP contribution in [0.3, 0.4) is 0 Å². The van der Waals surface area contributed by atoms with Crippen LogP contribution in [0.25, 0.3) is 0 Å². The standard InChI is InChI=1S/C12H8F3N2/c13-11-2-1-8(4-10(11)12(14)15)3-9-5-16-7-17-6-9/h1-7,12H. The third-order valence-electron chi connectivity index (χ3n) is 2.17. The first kappa shape index (κ1) is 11.6. The lowest BCUT2D eigenvalue weighted by Gasteiger charge is -2.05. The van der Waals surface area contributed by atoms with Gasteiger partial charge in [0, 0.05) is 18.8 Å². The molecular weight excluding hydrogens is 229 g/mol. The summed E-state index contributed by atoms with van der Waals surface area (Å²) in [6, 6.07) is 3.57. The van der Waals surface area contributed by atoms with Gasteiger partial charge in [-0.15, -0.1) is 0 Å². The second-order valence-corrected chi connectivity index (χ2v) is 3.40. The highest BCUT2D eigenvalue weighted by Gasteiger charge is 2.13. The van der Waals surface area contributed by atoms with Crippen molar-refractivity contribution in [2.45, 2.75) is 6.43 Å². The molecule has 1 heterocycles. The third-order valence-corrected chi connectivity index (χ3v) is 2.17. The molecule has 0 aliphatic carbocycles. The average molecular weight is 237 g/mol. The first-order valence-corrected chi connectivity index (χ1v) is 4.84. The molecule has 0 spiro atoms. The highest BCUT2D eigenvalue weighted by molar-refractivity contribution is 5.37. The van der Waals surface area contributed by atoms with E-state index in [0.717, 1.165) is 12.1 Å². The smallest absolute Gasteiger partial charge is 0.245 e. The molecule has 17 heavy (non-hydrogen) atoms. The maximum Gasteiger partial charge on any atom is 0.266 e. The molecule has 0 fully saturated rings. The number of hydrogen-bond acceptors (Lipinski definition) is 2. The Morgan fingerprint density at radius 1 is 1.06 bits per heavy atom. The van der Waals surface area contributed by atoms with Crippen LogP contribution in [-0.4, -0.2) is 9.97 Å². The van der Waals surface area contributed by atoms with Crippen molar-refractivity contribution in [3.63, 3.8) is 0 Å². The summed E-state index contributed by atoms with van der Waals surface area (Å²) in [7, 11) is 0. The van der Waals surface area contributed by atoms with Crippen molar-refractivity contribution >= 4 is 0 Å². The fraction of sp³-hybridized carbons (Fsp3) is 0.0833. The number of benzene rings is 1. The second kappa shape index (κ2) is 4.95. The predicted octanol–water partition coefficient (Wildman–Crippen LogP) is 3.15. The van der Waals surface area contributed by atoms with E-state index in [2.05, 4.69) is 9.97 Å². The Kier molecular flexibility index (Phi) is 3.37. The number of rotatable bonds is 3. The molecule has 0 aliphatic heterocycles. The van der Waals surface area contributed by atoms with Gasteiger partial charge < -0.3 is 0 Å². The molecule has 0 aliphatic rings. The summed E-state index contributed by atoms with van der Waals surface area (Å²) in [5, 5.41) is 0. The van der Waals surface area contributed by atoms with E-state index in [1.54, 1.807) is 18.8 Å². The van der Waals surface area contributed by atoms with Crippen molar-refractivity contribution in [2.24, 2.45) is 0 Å². The normalized spacial score (nSPS) is 10.8. The SMILES string of the molecule is Fc1ccc([CH]c2cncnc2)cc1C(F)F. The molecule has 0 amide bonds. The third kappa shape index (κ3) is 2.81. The summed E-state index contributed by atoms with van der Waals surface area (Å²) in [6.45, 7) is 0. The monoisotopic (exact) mass is 237 g/mol. The molecule has 5 heteroatoms. The highest BCUT2D eigenvalue weighted by atomic mass is 19.3. The Balaban J connectivity index is 2.26. The van der Waals surface area contributed by atoms with Crippen LogP contribution in [-0.2, 0) is 0 Å². The molecule has 0 N–H and O–H groups in total. The van der Waals surface area contributed by atoms with E-state index in [1.807, 2.05) is 0 Å². The zero-order valence-corrected chi connectivity index (χ0v) is 8.65. The molecule has 0 unspecified atom stereocenters. The summed E-state index contributed by atoms with van der Waals surface area (Å²) in [4.78, 5) is 7.58. The Bertz CT molecular complexity index is 500. The lowest BCUT2D eigenvalue weighted by atomic mass is 10.0. The van der Waals surface area contributed by atoms with E-state index < -0.39 is 17.8 Å². The molecule has 0 atom stereocenters. The van der Waals surface area contributed by atoms with Gasteiger partial charge in [-0.3, -0.25) is 0 Å². The van der Waals surface area contributed by atoms with Crippen molar-refractivity contribution in [3.8, 4) is 0 Å². The molecule has 87 valence electrons. The fourth-order valence-electron chi connectivity index (χ4n) is 1.40. The summed E-state index contributed by atoms with van der Waals surface area (Å²) in [6.07, 6.45) is 3.23. The van der Waals surface area contributed by atoms with Crippen LogP contribution >= 0.6 is 0 Å². The van der Waals surface area contributed by atoms with Crippen LogP contribution in [0, 0.1) is 12.2 Å². The minimum absolute atomic E-state index is 0.483. The first-order chi connectivity index (χ1) is 8.16. The molecule has 2 rings (SSSR count). The van der Waals surface area contributed by atoms with Crippen LogP contribution in [0.4, 0.5) is 13.2 Å². The Morgan fingerprint density at radius 2 is 1.76 bits per heavy atom. The molecule has 2 nitrogen and oxygen atoms in total. The molecule has 2 aromatic rings. The quantitative estimate of drug-likeness (QED) is 0.819. The topological polar surface area (TPSA) is 25.8 Å². The molecule has 0 bridgehead atoms. The van der Waals surface area contributed by atoms with E-state index >= 15 is 0 Å². The Hall–Kier alpha value is -1.91. The van der Waals surface area contributed by atoms with Gasteiger partial charge in [-0.25, -0.2) is 23.1 Å². The number of halogens is 3. The maximum absolute atomic E-state index is 13.0. The lowest BCUT2D eigenvalue weighted by molar-refractivity contribution is 0.146. The first-order valence-electron chi connectivity index (χ1n) is 4.84. The van der Waals surface area contributed by atoms with Crippen molar-refractivity contribution in [1.29, 1.82) is 0 Å². The maximum atomic E-state index is 13.0. The zero-order valence-electron chi connectivity index (χ0n) is 8.65. The number of hydrogen-bond donors (Lipinski definition) is 0. The lowest BCUT2D eigenvalue weighted by Crippen LogP contribution is -1.94. The van der Waals surface area contributed by atoms with Gasteiger partial charge in [-0.1, -0.05) is 6.07 Å². The number of nitrogens with zero attached hydrogens (tertiary/aromatic N) is 2. The molecule has 1 aromatic carbocycles. The van der Waals surface area contributed by atoms with E-state index in [4.69, 9.17) is 0 Å². The molecular formula is C12H8F3N2. The van der Waals surface area contributed by atoms with E-state index in [0.29, 0.717) is 11.1 Å². The Morgan fingerprint density at radius 3 is 2.41 bits per heavy atom. The summed E-state index contributed by atoms with van der Waals surface area (Å²) in [5.41, 5.74) is 0.548. The van der Waals surface area contributed by atoms with Gasteiger partial charge >= 0.3 is 0 Å². The summed E-state index contributed by atoms with van der Waals surface area (Å²) >= 11 is 0. The van der Waals surface area contributed by atoms with Crippen LogP contribution < -0.4 is 0 Å². The van der Waals surface area contributed by atoms with Crippen LogP contribution in [0.2, 0.25) is 0 Å². The minimum Gasteiger partial charge on any atom is -0.245 e. The van der Waals surface area contributed by atoms with Gasteiger partial charge in [0.05, 0.1) is 5.56 Å². The average Bonchev–Trinajstić information content (AvgIpc) is 2.32. The minimum atomic E-state index is -2.82. The van der Waals surface area contributed by atoms with Gasteiger partial charge in [0.2, 0.25) is 0 Å². The van der Waals surface area contributed by atoms with Gasteiger partial charge in [-0.2, -0.15) is 0 Å². The summed E-state index contributed by atoms with van der Waals surface area (Å²) in [5.74, 6) is -0.901. The van der Waals surface area contributed by atoms with Crippen molar-refractivity contribution in [3.05, 3.63) is 65.8 Å². The van der Waals surface area contributed by atoms with Gasteiger partial charge in [0.25, 0.3) is 6.43 Å². The fourth-order valence-corrected chi connectivity index (χ4v) is 1.40. The summed E-state index contributed by atoms with van der Waals surface area (Å²) < 4.78 is 38.0. The largest absolute Gasteiger partial charge is 0.266 e. The predicted molar refractivity (Wildman–Crippen MR) is 55.9 cm³/mol. The van der Waals surface area contributed by atoms with Crippen molar-refractivity contribution < 1.29 is 13.2 Å². The Labute approximate surface area is 96.2 Å². The van der Waals surface area contributed by atoms with Crippen molar-refractivity contribution in [2.75, 3.05) is 0 Å². The highest BCUT2D eigenvalue weighted by Crippen LogP contribution is 2.24. The molecule has 0 saturated carbocycles. The van der Waals surface area contributed by atoms with Crippen molar-refractivity contribution in [1.82, 2.24) is 9.97 Å². The molecule has 1 radical (unpaired) electrons. The second-order valence-electron chi connectivity index (χ2n) is 3.40.